The topological polar surface area (TPSA) is 110 Å². The van der Waals surface area contributed by atoms with Gasteiger partial charge in [-0.15, -0.1) is 0 Å². The van der Waals surface area contributed by atoms with Crippen LogP contribution >= 0.6 is 22.4 Å². The summed E-state index contributed by atoms with van der Waals surface area (Å²) < 4.78 is 38.8. The van der Waals surface area contributed by atoms with Crippen LogP contribution in [0.2, 0.25) is 5.02 Å². The van der Waals surface area contributed by atoms with Gasteiger partial charge in [-0.3, -0.25) is 4.79 Å². The lowest BCUT2D eigenvalue weighted by Gasteiger charge is -2.60. The fraction of sp³-hybridized carbons (Fsp3) is 0.333. The van der Waals surface area contributed by atoms with Gasteiger partial charge in [0.15, 0.2) is 0 Å². The Labute approximate surface area is 169 Å². The number of sulfonamides is 1. The molecule has 1 aliphatic heterocycles. The molecule has 0 spiro atoms. The number of nitrogens with one attached hydrogen (secondary N) is 1. The van der Waals surface area contributed by atoms with Crippen molar-refractivity contribution in [3.05, 3.63) is 41.0 Å². The van der Waals surface area contributed by atoms with Crippen LogP contribution in [0.1, 0.15) is 23.7 Å². The number of pyridine rings is 1. The SMILES string of the molecule is CC[C@H]1COc2ncc(NS([O-])([O-])c3cc(Cl)ccc3OC)cc2C(=O)N1C. The van der Waals surface area contributed by atoms with Gasteiger partial charge in [-0.2, -0.15) is 0 Å². The average Bonchev–Trinajstić information content (AvgIpc) is 2.78. The summed E-state index contributed by atoms with van der Waals surface area (Å²) >= 11 is 5.93. The largest absolute Gasteiger partial charge is 0.779 e. The van der Waals surface area contributed by atoms with Crippen LogP contribution in [-0.4, -0.2) is 51.7 Å². The molecule has 0 radical (unpaired) electrons. The quantitative estimate of drug-likeness (QED) is 0.781. The van der Waals surface area contributed by atoms with Gasteiger partial charge in [0.2, 0.25) is 5.88 Å². The molecule has 2 heterocycles. The van der Waals surface area contributed by atoms with Crippen LogP contribution < -0.4 is 14.2 Å². The summed E-state index contributed by atoms with van der Waals surface area (Å²) in [4.78, 5) is 18.3. The molecule has 10 heteroatoms. The number of likely N-dealkylation sites (N-methyl/N-ethyl adjacent to an activating group) is 1. The summed E-state index contributed by atoms with van der Waals surface area (Å²) in [5.41, 5.74) is 0.317. The van der Waals surface area contributed by atoms with Crippen molar-refractivity contribution in [2.45, 2.75) is 24.3 Å². The van der Waals surface area contributed by atoms with Gasteiger partial charge in [0, 0.05) is 12.1 Å². The molecule has 28 heavy (non-hydrogen) atoms. The van der Waals surface area contributed by atoms with Crippen LogP contribution in [0.3, 0.4) is 0 Å². The Morgan fingerprint density at radius 2 is 2.18 bits per heavy atom. The lowest BCUT2D eigenvalue weighted by Crippen LogP contribution is -2.38. The monoisotopic (exact) mass is 425 g/mol. The third kappa shape index (κ3) is 3.97. The lowest BCUT2D eigenvalue weighted by molar-refractivity contribution is 0.0711. The van der Waals surface area contributed by atoms with Crippen molar-refractivity contribution in [3.8, 4) is 11.6 Å². The van der Waals surface area contributed by atoms with Gasteiger partial charge in [-0.25, -0.2) is 4.98 Å². The molecular formula is C18H20ClN3O5S-2. The van der Waals surface area contributed by atoms with Gasteiger partial charge in [-0.05, 0) is 30.7 Å². The molecule has 3 rings (SSSR count). The fourth-order valence-corrected chi connectivity index (χ4v) is 4.35. The van der Waals surface area contributed by atoms with Crippen molar-refractivity contribution < 1.29 is 23.4 Å². The van der Waals surface area contributed by atoms with E-state index in [-0.39, 0.29) is 44.7 Å². The number of rotatable bonds is 5. The lowest BCUT2D eigenvalue weighted by atomic mass is 10.2. The van der Waals surface area contributed by atoms with E-state index in [1.807, 2.05) is 6.92 Å². The molecule has 0 fully saturated rings. The van der Waals surface area contributed by atoms with E-state index in [1.165, 1.54) is 37.6 Å². The molecule has 1 N–H and O–H groups in total. The highest BCUT2D eigenvalue weighted by Crippen LogP contribution is 2.52. The molecule has 0 saturated heterocycles. The number of fused-ring (bicyclic) bond motifs is 1. The number of methoxy groups -OCH3 is 1. The summed E-state index contributed by atoms with van der Waals surface area (Å²) in [6, 6.07) is 5.60. The first-order valence-electron chi connectivity index (χ1n) is 8.53. The zero-order valence-corrected chi connectivity index (χ0v) is 17.2. The number of carbonyl (C=O) groups excluding carboxylic acids is 1. The van der Waals surface area contributed by atoms with Gasteiger partial charge in [0.05, 0.1) is 29.9 Å². The van der Waals surface area contributed by atoms with Crippen molar-refractivity contribution in [1.82, 2.24) is 9.88 Å². The van der Waals surface area contributed by atoms with Gasteiger partial charge < -0.3 is 39.0 Å². The second kappa shape index (κ2) is 8.04. The predicted molar refractivity (Wildman–Crippen MR) is 105 cm³/mol. The van der Waals surface area contributed by atoms with E-state index in [2.05, 4.69) is 9.71 Å². The van der Waals surface area contributed by atoms with Crippen LogP contribution in [-0.2, 0) is 0 Å². The van der Waals surface area contributed by atoms with E-state index in [0.717, 1.165) is 6.42 Å². The van der Waals surface area contributed by atoms with E-state index in [0.29, 0.717) is 6.61 Å². The van der Waals surface area contributed by atoms with Gasteiger partial charge in [0.1, 0.15) is 17.9 Å². The van der Waals surface area contributed by atoms with Gasteiger partial charge >= 0.3 is 0 Å². The zero-order valence-electron chi connectivity index (χ0n) is 15.6. The predicted octanol–water partition coefficient (Wildman–Crippen LogP) is 3.44. The molecule has 1 amide bonds. The first-order valence-corrected chi connectivity index (χ1v) is 10.4. The molecule has 2 aromatic rings. The first-order chi connectivity index (χ1) is 13.3. The van der Waals surface area contributed by atoms with Crippen molar-refractivity contribution >= 4 is 34.0 Å². The Morgan fingerprint density at radius 3 is 2.86 bits per heavy atom. The van der Waals surface area contributed by atoms with Crippen LogP contribution in [0, 0.1) is 0 Å². The number of hydrogen-bond acceptors (Lipinski definition) is 7. The van der Waals surface area contributed by atoms with Gasteiger partial charge in [0.25, 0.3) is 5.91 Å². The minimum atomic E-state index is -4.03. The summed E-state index contributed by atoms with van der Waals surface area (Å²) in [7, 11) is -0.979. The molecule has 0 saturated carbocycles. The molecule has 1 aromatic heterocycles. The smallest absolute Gasteiger partial charge is 0.259 e. The van der Waals surface area contributed by atoms with Crippen LogP contribution in [0.4, 0.5) is 5.69 Å². The Balaban J connectivity index is 1.93. The van der Waals surface area contributed by atoms with E-state index >= 15 is 0 Å². The standard InChI is InChI=1S/C18H22ClN3O5S/c1-4-13-10-27-17-14(18(23)22(13)2)8-12(9-20-17)21-28(24,25)16-7-11(19)5-6-15(16)26-3/h5-9,13,21,24-25H,4,10H2,1-3H3/p-2/t13-/m0/s1. The zero-order chi connectivity index (χ0) is 20.5. The number of halogens is 1. The second-order valence-corrected chi connectivity index (χ2v) is 8.35. The maximum atomic E-state index is 12.8. The van der Waals surface area contributed by atoms with Gasteiger partial charge in [-0.1, -0.05) is 18.5 Å². The minimum Gasteiger partial charge on any atom is -0.779 e. The third-order valence-corrected chi connectivity index (χ3v) is 6.14. The van der Waals surface area contributed by atoms with Crippen LogP contribution in [0.5, 0.6) is 11.6 Å². The number of aromatic nitrogens is 1. The molecule has 1 atom stereocenters. The number of benzene rings is 1. The maximum Gasteiger partial charge on any atom is 0.259 e. The second-order valence-electron chi connectivity index (χ2n) is 6.27. The summed E-state index contributed by atoms with van der Waals surface area (Å²) in [5.74, 6) is 0.0360. The molecule has 1 aromatic carbocycles. The fourth-order valence-electron chi connectivity index (χ4n) is 2.88. The highest BCUT2D eigenvalue weighted by molar-refractivity contribution is 8.25. The van der Waals surface area contributed by atoms with E-state index in [9.17, 15) is 13.9 Å². The van der Waals surface area contributed by atoms with E-state index in [4.69, 9.17) is 21.1 Å². The maximum absolute atomic E-state index is 12.8. The number of nitrogens with zero attached hydrogens (tertiary/aromatic N) is 2. The number of anilines is 1. The highest BCUT2D eigenvalue weighted by atomic mass is 35.5. The number of hydrogen-bond donors (Lipinski definition) is 1. The van der Waals surface area contributed by atoms with Crippen molar-refractivity contribution in [2.24, 2.45) is 0 Å². The van der Waals surface area contributed by atoms with Crippen molar-refractivity contribution in [2.75, 3.05) is 25.5 Å². The number of ether oxygens (including phenoxy) is 2. The Kier molecular flexibility index (Phi) is 5.90. The molecule has 8 nitrogen and oxygen atoms in total. The van der Waals surface area contributed by atoms with Crippen molar-refractivity contribution in [3.63, 3.8) is 0 Å². The summed E-state index contributed by atoms with van der Waals surface area (Å²) in [5, 5.41) is 0.247. The Hall–Kier alpha value is -2.20. The average molecular weight is 426 g/mol. The minimum absolute atomic E-state index is 0.0856. The van der Waals surface area contributed by atoms with Crippen molar-refractivity contribution in [1.29, 1.82) is 0 Å². The molecule has 152 valence electrons. The summed E-state index contributed by atoms with van der Waals surface area (Å²) in [6.45, 7) is 2.28. The molecule has 0 aliphatic carbocycles. The number of carbonyl (C=O) groups is 1. The third-order valence-electron chi connectivity index (χ3n) is 4.50. The first kappa shape index (κ1) is 20.5. The van der Waals surface area contributed by atoms with Crippen LogP contribution in [0.15, 0.2) is 35.4 Å². The molecule has 0 bridgehead atoms. The van der Waals surface area contributed by atoms with Crippen LogP contribution in [0.25, 0.3) is 0 Å². The normalized spacial score (nSPS) is 17.4. The van der Waals surface area contributed by atoms with E-state index < -0.39 is 10.8 Å². The molecular weight excluding hydrogens is 406 g/mol. The Morgan fingerprint density at radius 1 is 1.43 bits per heavy atom. The molecule has 0 unspecified atom stereocenters. The van der Waals surface area contributed by atoms with E-state index in [1.54, 1.807) is 11.9 Å². The molecule has 1 aliphatic rings. The highest BCUT2D eigenvalue weighted by Gasteiger charge is 2.28. The Bertz CT molecular complexity index is 896. The number of amides is 1. The summed E-state index contributed by atoms with van der Waals surface area (Å²) in [6.07, 6.45) is 2.03.